The maximum absolute atomic E-state index is 8.64. The normalized spacial score (nSPS) is 11.0. The molecule has 15 heavy (non-hydrogen) atoms. The predicted molar refractivity (Wildman–Crippen MR) is 61.5 cm³/mol. The van der Waals surface area contributed by atoms with Crippen molar-refractivity contribution in [2.24, 2.45) is 0 Å². The lowest BCUT2D eigenvalue weighted by Crippen LogP contribution is -1.83. The van der Waals surface area contributed by atoms with E-state index in [1.165, 1.54) is 0 Å². The van der Waals surface area contributed by atoms with E-state index in [0.717, 1.165) is 16.3 Å². The molecule has 2 aromatic rings. The highest BCUT2D eigenvalue weighted by atomic mass is 32.1. The van der Waals surface area contributed by atoms with Gasteiger partial charge in [-0.1, -0.05) is 6.08 Å². The fourth-order valence-electron chi connectivity index (χ4n) is 1.17. The quantitative estimate of drug-likeness (QED) is 0.859. The van der Waals surface area contributed by atoms with Crippen LogP contribution >= 0.6 is 11.3 Å². The molecule has 2 aromatic heterocycles. The fraction of sp³-hybridized carbons (Fsp3) is 0.0909. The number of aliphatic hydroxyl groups excluding tert-OH is 1. The third-order valence-electron chi connectivity index (χ3n) is 1.83. The summed E-state index contributed by atoms with van der Waals surface area (Å²) >= 11 is 1.61. The highest BCUT2D eigenvalue weighted by molar-refractivity contribution is 7.11. The topological polar surface area (TPSA) is 46.0 Å². The lowest BCUT2D eigenvalue weighted by Gasteiger charge is -1.91. The van der Waals surface area contributed by atoms with Gasteiger partial charge in [-0.15, -0.1) is 11.3 Å². The lowest BCUT2D eigenvalue weighted by molar-refractivity contribution is 0.343. The van der Waals surface area contributed by atoms with E-state index >= 15 is 0 Å². The van der Waals surface area contributed by atoms with Gasteiger partial charge in [-0.25, -0.2) is 9.97 Å². The van der Waals surface area contributed by atoms with Crippen molar-refractivity contribution in [3.05, 3.63) is 40.9 Å². The second-order valence-corrected chi connectivity index (χ2v) is 3.84. The van der Waals surface area contributed by atoms with Gasteiger partial charge in [0.2, 0.25) is 0 Å². The zero-order chi connectivity index (χ0) is 10.5. The standard InChI is InChI=1S/C11H10N2OS/c14-6-1-3-10-7-9(8-15-10)11-12-4-2-5-13-11/h1-5,7-8,14H,6H2/b3-1+. The second-order valence-electron chi connectivity index (χ2n) is 2.90. The average Bonchev–Trinajstić information content (AvgIpc) is 2.76. The third-order valence-corrected chi connectivity index (χ3v) is 2.73. The number of hydrogen-bond acceptors (Lipinski definition) is 4. The van der Waals surface area contributed by atoms with Gasteiger partial charge in [-0.2, -0.15) is 0 Å². The van der Waals surface area contributed by atoms with Gasteiger partial charge in [0.15, 0.2) is 5.82 Å². The van der Waals surface area contributed by atoms with Crippen molar-refractivity contribution in [3.8, 4) is 11.4 Å². The van der Waals surface area contributed by atoms with E-state index in [-0.39, 0.29) is 6.61 Å². The summed E-state index contributed by atoms with van der Waals surface area (Å²) < 4.78 is 0. The summed E-state index contributed by atoms with van der Waals surface area (Å²) in [4.78, 5) is 9.42. The summed E-state index contributed by atoms with van der Waals surface area (Å²) in [6.07, 6.45) is 7.05. The first-order valence-corrected chi connectivity index (χ1v) is 5.41. The van der Waals surface area contributed by atoms with Gasteiger partial charge in [0.25, 0.3) is 0 Å². The van der Waals surface area contributed by atoms with E-state index in [2.05, 4.69) is 9.97 Å². The van der Waals surface area contributed by atoms with Crippen LogP contribution in [-0.2, 0) is 0 Å². The molecule has 0 aliphatic heterocycles. The molecule has 1 N–H and O–H groups in total. The molecule has 0 atom stereocenters. The van der Waals surface area contributed by atoms with Crippen LogP contribution in [0.25, 0.3) is 17.5 Å². The van der Waals surface area contributed by atoms with E-state index < -0.39 is 0 Å². The third kappa shape index (κ3) is 2.49. The average molecular weight is 218 g/mol. The van der Waals surface area contributed by atoms with E-state index in [0.29, 0.717) is 0 Å². The maximum Gasteiger partial charge on any atom is 0.159 e. The van der Waals surface area contributed by atoms with Crippen molar-refractivity contribution in [1.82, 2.24) is 9.97 Å². The first kappa shape index (κ1) is 10.0. The highest BCUT2D eigenvalue weighted by Gasteiger charge is 2.01. The zero-order valence-corrected chi connectivity index (χ0v) is 8.81. The minimum Gasteiger partial charge on any atom is -0.392 e. The van der Waals surface area contributed by atoms with Crippen molar-refractivity contribution in [2.75, 3.05) is 6.61 Å². The van der Waals surface area contributed by atoms with Crippen LogP contribution in [0.1, 0.15) is 4.88 Å². The number of aromatic nitrogens is 2. The van der Waals surface area contributed by atoms with Crippen LogP contribution in [0.2, 0.25) is 0 Å². The number of nitrogens with zero attached hydrogens (tertiary/aromatic N) is 2. The number of thiophene rings is 1. The Morgan fingerprint density at radius 2 is 2.13 bits per heavy atom. The monoisotopic (exact) mass is 218 g/mol. The van der Waals surface area contributed by atoms with Crippen molar-refractivity contribution >= 4 is 17.4 Å². The highest BCUT2D eigenvalue weighted by Crippen LogP contribution is 2.23. The molecule has 0 amide bonds. The summed E-state index contributed by atoms with van der Waals surface area (Å²) in [5.74, 6) is 0.734. The molecule has 0 aliphatic rings. The Morgan fingerprint density at radius 3 is 2.87 bits per heavy atom. The summed E-state index contributed by atoms with van der Waals surface area (Å²) in [7, 11) is 0. The van der Waals surface area contributed by atoms with Gasteiger partial charge in [0, 0.05) is 28.2 Å². The number of rotatable bonds is 3. The second kappa shape index (κ2) is 4.82. The molecule has 0 saturated carbocycles. The van der Waals surface area contributed by atoms with E-state index in [1.54, 1.807) is 35.9 Å². The molecule has 0 unspecified atom stereocenters. The molecule has 0 spiro atoms. The molecule has 2 heterocycles. The van der Waals surface area contributed by atoms with Gasteiger partial charge in [-0.05, 0) is 18.2 Å². The maximum atomic E-state index is 8.64. The van der Waals surface area contributed by atoms with Gasteiger partial charge >= 0.3 is 0 Å². The lowest BCUT2D eigenvalue weighted by atomic mass is 10.3. The molecule has 0 aliphatic carbocycles. The van der Waals surface area contributed by atoms with Gasteiger partial charge in [0.1, 0.15) is 0 Å². The van der Waals surface area contributed by atoms with Crippen molar-refractivity contribution in [3.63, 3.8) is 0 Å². The van der Waals surface area contributed by atoms with Crippen LogP contribution in [0.3, 0.4) is 0 Å². The molecular formula is C11H10N2OS. The SMILES string of the molecule is OC/C=C/c1cc(-c2ncccn2)cs1. The smallest absolute Gasteiger partial charge is 0.159 e. The molecule has 0 saturated heterocycles. The Labute approximate surface area is 91.8 Å². The minimum atomic E-state index is 0.0646. The first-order valence-electron chi connectivity index (χ1n) is 4.53. The molecule has 76 valence electrons. The molecule has 2 rings (SSSR count). The van der Waals surface area contributed by atoms with Gasteiger partial charge in [0.05, 0.1) is 6.61 Å². The Bertz CT molecular complexity index is 451. The number of aliphatic hydroxyl groups is 1. The largest absolute Gasteiger partial charge is 0.392 e. The van der Waals surface area contributed by atoms with Crippen LogP contribution in [0.4, 0.5) is 0 Å². The molecular weight excluding hydrogens is 208 g/mol. The van der Waals surface area contributed by atoms with Crippen LogP contribution in [0.15, 0.2) is 36.0 Å². The van der Waals surface area contributed by atoms with Gasteiger partial charge in [-0.3, -0.25) is 0 Å². The Balaban J connectivity index is 2.24. The summed E-state index contributed by atoms with van der Waals surface area (Å²) in [6, 6.07) is 3.80. The first-order chi connectivity index (χ1) is 7.40. The molecule has 4 heteroatoms. The zero-order valence-electron chi connectivity index (χ0n) is 8.00. The Kier molecular flexibility index (Phi) is 3.22. The van der Waals surface area contributed by atoms with Crippen LogP contribution in [0.5, 0.6) is 0 Å². The fourth-order valence-corrected chi connectivity index (χ4v) is 1.98. The summed E-state index contributed by atoms with van der Waals surface area (Å²) in [6.45, 7) is 0.0646. The summed E-state index contributed by atoms with van der Waals surface area (Å²) in [5, 5.41) is 10.7. The van der Waals surface area contributed by atoms with Crippen molar-refractivity contribution in [1.29, 1.82) is 0 Å². The van der Waals surface area contributed by atoms with Crippen LogP contribution < -0.4 is 0 Å². The predicted octanol–water partition coefficient (Wildman–Crippen LogP) is 2.21. The van der Waals surface area contributed by atoms with Crippen LogP contribution in [0, 0.1) is 0 Å². The van der Waals surface area contributed by atoms with E-state index in [9.17, 15) is 0 Å². The molecule has 3 nitrogen and oxygen atoms in total. The molecule has 0 fully saturated rings. The Morgan fingerprint density at radius 1 is 1.33 bits per heavy atom. The molecule has 0 bridgehead atoms. The van der Waals surface area contributed by atoms with E-state index in [4.69, 9.17) is 5.11 Å². The minimum absolute atomic E-state index is 0.0646. The van der Waals surface area contributed by atoms with Crippen molar-refractivity contribution < 1.29 is 5.11 Å². The summed E-state index contributed by atoms with van der Waals surface area (Å²) in [5.41, 5.74) is 1.01. The van der Waals surface area contributed by atoms with Gasteiger partial charge < -0.3 is 5.11 Å². The van der Waals surface area contributed by atoms with Crippen molar-refractivity contribution in [2.45, 2.75) is 0 Å². The van der Waals surface area contributed by atoms with E-state index in [1.807, 2.05) is 17.5 Å². The number of hydrogen-bond donors (Lipinski definition) is 1. The molecule has 0 aromatic carbocycles. The Hall–Kier alpha value is -1.52. The van der Waals surface area contributed by atoms with Crippen LogP contribution in [-0.4, -0.2) is 21.7 Å². The molecule has 0 radical (unpaired) electrons.